The second-order valence-corrected chi connectivity index (χ2v) is 6.72. The number of rotatable bonds is 7. The number of hydrogen-bond donors (Lipinski definition) is 1. The molecule has 0 aliphatic rings. The quantitative estimate of drug-likeness (QED) is 0.682. The fraction of sp³-hybridized carbons (Fsp3) is 0.318. The van der Waals surface area contributed by atoms with Gasteiger partial charge in [0, 0.05) is 31.7 Å². The first-order valence-electron chi connectivity index (χ1n) is 9.64. The van der Waals surface area contributed by atoms with Gasteiger partial charge in [-0.2, -0.15) is 0 Å². The Hall–Kier alpha value is -3.15. The highest BCUT2D eigenvalue weighted by Gasteiger charge is 2.16. The van der Waals surface area contributed by atoms with Crippen LogP contribution in [0.25, 0.3) is 10.9 Å². The van der Waals surface area contributed by atoms with Gasteiger partial charge >= 0.3 is 0 Å². The van der Waals surface area contributed by atoms with Crippen molar-refractivity contribution in [1.82, 2.24) is 9.55 Å². The number of anilines is 2. The molecule has 1 aromatic heterocycles. The molecule has 3 aromatic rings. The third kappa shape index (κ3) is 4.22. The van der Waals surface area contributed by atoms with Gasteiger partial charge in [-0.25, -0.2) is 4.98 Å². The molecular formula is C22H26N4O2. The van der Waals surface area contributed by atoms with E-state index in [1.54, 1.807) is 10.6 Å². The number of hydrogen-bond acceptors (Lipinski definition) is 4. The standard InChI is InChI=1S/C22H26N4O2/c1-4-25(5-2)22-24-19-9-7-6-8-18(19)21(28)26(22)15-14-20(27)23-17-12-10-16(3)11-13-17/h6-13H,4-5,14-15H2,1-3H3,(H,23,27). The Morgan fingerprint density at radius 1 is 1.07 bits per heavy atom. The first-order chi connectivity index (χ1) is 13.5. The molecule has 0 saturated heterocycles. The van der Waals surface area contributed by atoms with Crippen molar-refractivity contribution in [3.8, 4) is 0 Å². The number of nitrogens with zero attached hydrogens (tertiary/aromatic N) is 3. The molecule has 146 valence electrons. The minimum Gasteiger partial charge on any atom is -0.343 e. The van der Waals surface area contributed by atoms with Crippen LogP contribution in [0.3, 0.4) is 0 Å². The maximum atomic E-state index is 13.1. The molecule has 0 aliphatic carbocycles. The lowest BCUT2D eigenvalue weighted by atomic mass is 10.2. The van der Waals surface area contributed by atoms with Crippen LogP contribution in [0.2, 0.25) is 0 Å². The first kappa shape index (κ1) is 19.6. The van der Waals surface area contributed by atoms with Crippen LogP contribution in [-0.2, 0) is 11.3 Å². The predicted molar refractivity (Wildman–Crippen MR) is 114 cm³/mol. The van der Waals surface area contributed by atoms with Gasteiger partial charge in [0.2, 0.25) is 11.9 Å². The van der Waals surface area contributed by atoms with Crippen LogP contribution in [0.15, 0.2) is 53.3 Å². The molecule has 1 N–H and O–H groups in total. The fourth-order valence-electron chi connectivity index (χ4n) is 3.18. The van der Waals surface area contributed by atoms with Crippen LogP contribution < -0.4 is 15.8 Å². The molecule has 0 aliphatic heterocycles. The van der Waals surface area contributed by atoms with Crippen molar-refractivity contribution in [1.29, 1.82) is 0 Å². The van der Waals surface area contributed by atoms with E-state index in [0.29, 0.717) is 16.9 Å². The van der Waals surface area contributed by atoms with E-state index < -0.39 is 0 Å². The van der Waals surface area contributed by atoms with Crippen LogP contribution in [0.4, 0.5) is 11.6 Å². The Morgan fingerprint density at radius 2 is 1.75 bits per heavy atom. The third-order valence-electron chi connectivity index (χ3n) is 4.79. The van der Waals surface area contributed by atoms with Gasteiger partial charge in [0.1, 0.15) is 0 Å². The molecule has 28 heavy (non-hydrogen) atoms. The monoisotopic (exact) mass is 378 g/mol. The summed E-state index contributed by atoms with van der Waals surface area (Å²) in [6, 6.07) is 15.0. The number of aromatic nitrogens is 2. The highest BCUT2D eigenvalue weighted by atomic mass is 16.2. The zero-order chi connectivity index (χ0) is 20.1. The number of benzene rings is 2. The Balaban J connectivity index is 1.87. The lowest BCUT2D eigenvalue weighted by molar-refractivity contribution is -0.116. The van der Waals surface area contributed by atoms with Crippen LogP contribution in [0, 0.1) is 6.92 Å². The molecule has 2 aromatic carbocycles. The smallest absolute Gasteiger partial charge is 0.262 e. The van der Waals surface area contributed by atoms with E-state index >= 15 is 0 Å². The van der Waals surface area contributed by atoms with E-state index in [1.165, 1.54) is 0 Å². The Morgan fingerprint density at radius 3 is 2.43 bits per heavy atom. The summed E-state index contributed by atoms with van der Waals surface area (Å²) in [4.78, 5) is 32.2. The van der Waals surface area contributed by atoms with E-state index in [4.69, 9.17) is 4.98 Å². The largest absolute Gasteiger partial charge is 0.343 e. The van der Waals surface area contributed by atoms with Crippen LogP contribution in [0.5, 0.6) is 0 Å². The van der Waals surface area contributed by atoms with E-state index in [1.807, 2.05) is 68.1 Å². The molecule has 0 fully saturated rings. The molecule has 0 saturated carbocycles. The zero-order valence-electron chi connectivity index (χ0n) is 16.6. The number of nitrogens with one attached hydrogen (secondary N) is 1. The van der Waals surface area contributed by atoms with Gasteiger partial charge in [0.25, 0.3) is 5.56 Å². The minimum atomic E-state index is -0.130. The molecule has 1 amide bonds. The van der Waals surface area contributed by atoms with Crippen molar-refractivity contribution in [2.75, 3.05) is 23.3 Å². The zero-order valence-corrected chi connectivity index (χ0v) is 16.6. The van der Waals surface area contributed by atoms with Crippen molar-refractivity contribution in [2.24, 2.45) is 0 Å². The number of fused-ring (bicyclic) bond motifs is 1. The van der Waals surface area contributed by atoms with Gasteiger partial charge in [0.15, 0.2) is 0 Å². The lowest BCUT2D eigenvalue weighted by Gasteiger charge is -2.24. The number of carbonyl (C=O) groups excluding carboxylic acids is 1. The van der Waals surface area contributed by atoms with Gasteiger partial charge in [-0.1, -0.05) is 29.8 Å². The SMILES string of the molecule is CCN(CC)c1nc2ccccc2c(=O)n1CCC(=O)Nc1ccc(C)cc1. The third-order valence-corrected chi connectivity index (χ3v) is 4.79. The predicted octanol–water partition coefficient (Wildman–Crippen LogP) is 3.58. The topological polar surface area (TPSA) is 67.2 Å². The Kier molecular flexibility index (Phi) is 6.09. The fourth-order valence-corrected chi connectivity index (χ4v) is 3.18. The number of aryl methyl sites for hydroxylation is 1. The van der Waals surface area contributed by atoms with Gasteiger partial charge in [-0.3, -0.25) is 14.2 Å². The number of carbonyl (C=O) groups is 1. The molecule has 6 nitrogen and oxygen atoms in total. The van der Waals surface area contributed by atoms with E-state index in [-0.39, 0.29) is 24.4 Å². The van der Waals surface area contributed by atoms with Crippen molar-refractivity contribution in [2.45, 2.75) is 33.7 Å². The molecule has 0 bridgehead atoms. The second kappa shape index (κ2) is 8.69. The maximum Gasteiger partial charge on any atom is 0.262 e. The Bertz CT molecular complexity index is 1020. The summed E-state index contributed by atoms with van der Waals surface area (Å²) in [6.45, 7) is 7.80. The van der Waals surface area contributed by atoms with Crippen LogP contribution >= 0.6 is 0 Å². The highest BCUT2D eigenvalue weighted by Crippen LogP contribution is 2.16. The summed E-state index contributed by atoms with van der Waals surface area (Å²) >= 11 is 0. The van der Waals surface area contributed by atoms with E-state index in [0.717, 1.165) is 24.3 Å². The van der Waals surface area contributed by atoms with Crippen molar-refractivity contribution in [3.05, 3.63) is 64.4 Å². The van der Waals surface area contributed by atoms with Crippen LogP contribution in [-0.4, -0.2) is 28.5 Å². The van der Waals surface area contributed by atoms with Gasteiger partial charge in [-0.05, 0) is 45.0 Å². The minimum absolute atomic E-state index is 0.115. The van der Waals surface area contributed by atoms with Gasteiger partial charge < -0.3 is 10.2 Å². The molecule has 6 heteroatoms. The average Bonchev–Trinajstić information content (AvgIpc) is 2.70. The summed E-state index contributed by atoms with van der Waals surface area (Å²) in [5.41, 5.74) is 2.45. The van der Waals surface area contributed by atoms with Gasteiger partial charge in [0.05, 0.1) is 10.9 Å². The summed E-state index contributed by atoms with van der Waals surface area (Å²) < 4.78 is 1.62. The summed E-state index contributed by atoms with van der Waals surface area (Å²) in [6.07, 6.45) is 0.196. The molecular weight excluding hydrogens is 352 g/mol. The highest BCUT2D eigenvalue weighted by molar-refractivity contribution is 5.90. The Labute approximate surface area is 164 Å². The summed E-state index contributed by atoms with van der Waals surface area (Å²) in [5, 5.41) is 3.45. The van der Waals surface area contributed by atoms with Crippen molar-refractivity contribution >= 4 is 28.4 Å². The summed E-state index contributed by atoms with van der Waals surface area (Å²) in [5.74, 6) is 0.478. The average molecular weight is 378 g/mol. The normalized spacial score (nSPS) is 10.8. The molecule has 0 atom stereocenters. The number of para-hydroxylation sites is 1. The summed E-state index contributed by atoms with van der Waals surface area (Å²) in [7, 11) is 0. The number of amides is 1. The molecule has 0 radical (unpaired) electrons. The molecule has 0 unspecified atom stereocenters. The maximum absolute atomic E-state index is 13.1. The molecule has 0 spiro atoms. The van der Waals surface area contributed by atoms with E-state index in [9.17, 15) is 9.59 Å². The van der Waals surface area contributed by atoms with Gasteiger partial charge in [-0.15, -0.1) is 0 Å². The lowest BCUT2D eigenvalue weighted by Crippen LogP contribution is -2.33. The van der Waals surface area contributed by atoms with Crippen molar-refractivity contribution in [3.63, 3.8) is 0 Å². The first-order valence-corrected chi connectivity index (χ1v) is 9.64. The molecule has 3 rings (SSSR count). The van der Waals surface area contributed by atoms with E-state index in [2.05, 4.69) is 5.32 Å². The van der Waals surface area contributed by atoms with Crippen molar-refractivity contribution < 1.29 is 4.79 Å². The van der Waals surface area contributed by atoms with Crippen LogP contribution in [0.1, 0.15) is 25.8 Å². The second-order valence-electron chi connectivity index (χ2n) is 6.72. The molecule has 1 heterocycles.